The number of likely N-dealkylation sites (N-methyl/N-ethyl adjacent to an activating group) is 1. The summed E-state index contributed by atoms with van der Waals surface area (Å²) in [7, 11) is 2.18. The van der Waals surface area contributed by atoms with Gasteiger partial charge in [-0.15, -0.1) is 0 Å². The van der Waals surface area contributed by atoms with Crippen LogP contribution in [0.15, 0.2) is 60.7 Å². The second-order valence-electron chi connectivity index (χ2n) is 7.96. The smallest absolute Gasteiger partial charge is 0.276 e. The van der Waals surface area contributed by atoms with Gasteiger partial charge in [0.15, 0.2) is 5.69 Å². The molecule has 3 aromatic rings. The fourth-order valence-electron chi connectivity index (χ4n) is 3.72. The van der Waals surface area contributed by atoms with Crippen LogP contribution in [0, 0.1) is 6.92 Å². The molecule has 2 heterocycles. The van der Waals surface area contributed by atoms with Crippen LogP contribution in [0.2, 0.25) is 0 Å². The summed E-state index contributed by atoms with van der Waals surface area (Å²) in [6.45, 7) is 7.59. The molecule has 1 amide bonds. The van der Waals surface area contributed by atoms with Gasteiger partial charge in [-0.25, -0.2) is 4.68 Å². The van der Waals surface area contributed by atoms with Crippen LogP contribution in [0.4, 0.5) is 5.69 Å². The molecule has 156 valence electrons. The maximum atomic E-state index is 12.7. The number of nitrogens with one attached hydrogen (secondary N) is 1. The van der Waals surface area contributed by atoms with E-state index in [1.165, 1.54) is 5.56 Å². The summed E-state index contributed by atoms with van der Waals surface area (Å²) < 4.78 is 1.79. The monoisotopic (exact) mass is 403 g/mol. The zero-order valence-electron chi connectivity index (χ0n) is 17.7. The minimum atomic E-state index is -0.196. The Kier molecular flexibility index (Phi) is 6.26. The average molecular weight is 404 g/mol. The van der Waals surface area contributed by atoms with Crippen molar-refractivity contribution in [3.63, 3.8) is 0 Å². The fourth-order valence-corrected chi connectivity index (χ4v) is 3.72. The molecule has 0 bridgehead atoms. The van der Waals surface area contributed by atoms with E-state index >= 15 is 0 Å². The van der Waals surface area contributed by atoms with Gasteiger partial charge in [-0.1, -0.05) is 30.3 Å². The molecule has 1 saturated heterocycles. The molecule has 1 aliphatic rings. The summed E-state index contributed by atoms with van der Waals surface area (Å²) in [6, 6.07) is 19.8. The van der Waals surface area contributed by atoms with Crippen molar-refractivity contribution in [1.29, 1.82) is 0 Å². The van der Waals surface area contributed by atoms with Crippen molar-refractivity contribution >= 4 is 11.6 Å². The SMILES string of the molecule is Cc1cc(C(=O)Nc2ccc(CCN3CCN(C)CC3)cc2)nn1-c1ccccc1. The molecule has 0 atom stereocenters. The molecule has 0 spiro atoms. The lowest BCUT2D eigenvalue weighted by molar-refractivity contribution is 0.102. The number of amides is 1. The van der Waals surface area contributed by atoms with Crippen molar-refractivity contribution in [3.8, 4) is 5.69 Å². The number of aromatic nitrogens is 2. The van der Waals surface area contributed by atoms with Gasteiger partial charge in [0.2, 0.25) is 0 Å². The summed E-state index contributed by atoms with van der Waals surface area (Å²) in [5.74, 6) is -0.196. The van der Waals surface area contributed by atoms with Crippen molar-refractivity contribution < 1.29 is 4.79 Å². The Balaban J connectivity index is 1.34. The predicted molar refractivity (Wildman–Crippen MR) is 120 cm³/mol. The summed E-state index contributed by atoms with van der Waals surface area (Å²) in [4.78, 5) is 17.5. The first-order chi connectivity index (χ1) is 14.6. The maximum Gasteiger partial charge on any atom is 0.276 e. The fraction of sp³-hybridized carbons (Fsp3) is 0.333. The third-order valence-electron chi connectivity index (χ3n) is 5.65. The van der Waals surface area contributed by atoms with Gasteiger partial charge in [-0.3, -0.25) is 4.79 Å². The van der Waals surface area contributed by atoms with E-state index in [2.05, 4.69) is 39.4 Å². The molecule has 6 nitrogen and oxygen atoms in total. The van der Waals surface area contributed by atoms with Gasteiger partial charge in [0.05, 0.1) is 5.69 Å². The highest BCUT2D eigenvalue weighted by Gasteiger charge is 2.15. The van der Waals surface area contributed by atoms with Crippen LogP contribution < -0.4 is 5.32 Å². The van der Waals surface area contributed by atoms with Gasteiger partial charge in [0, 0.05) is 44.1 Å². The number of aryl methyl sites for hydroxylation is 1. The Morgan fingerprint density at radius 3 is 2.40 bits per heavy atom. The van der Waals surface area contributed by atoms with E-state index in [0.29, 0.717) is 5.69 Å². The Bertz CT molecular complexity index is 973. The molecule has 0 aliphatic carbocycles. The summed E-state index contributed by atoms with van der Waals surface area (Å²) in [6.07, 6.45) is 1.03. The van der Waals surface area contributed by atoms with Gasteiger partial charge in [-0.05, 0) is 56.3 Å². The zero-order valence-corrected chi connectivity index (χ0v) is 17.7. The van der Waals surface area contributed by atoms with Gasteiger partial charge in [0.25, 0.3) is 5.91 Å². The number of piperazine rings is 1. The van der Waals surface area contributed by atoms with E-state index in [1.54, 1.807) is 4.68 Å². The van der Waals surface area contributed by atoms with Crippen LogP contribution in [-0.2, 0) is 6.42 Å². The number of benzene rings is 2. The normalized spacial score (nSPS) is 15.3. The highest BCUT2D eigenvalue weighted by atomic mass is 16.1. The summed E-state index contributed by atoms with van der Waals surface area (Å²) in [5.41, 5.74) is 4.35. The number of anilines is 1. The molecule has 6 heteroatoms. The number of carbonyl (C=O) groups excluding carboxylic acids is 1. The molecule has 30 heavy (non-hydrogen) atoms. The van der Waals surface area contributed by atoms with Crippen LogP contribution in [0.5, 0.6) is 0 Å². The first-order valence-electron chi connectivity index (χ1n) is 10.5. The molecule has 2 aromatic carbocycles. The third-order valence-corrected chi connectivity index (χ3v) is 5.65. The van der Waals surface area contributed by atoms with Gasteiger partial charge >= 0.3 is 0 Å². The Morgan fingerprint density at radius 1 is 1.00 bits per heavy atom. The minimum absolute atomic E-state index is 0.196. The van der Waals surface area contributed by atoms with Crippen LogP contribution in [0.25, 0.3) is 5.69 Å². The Labute approximate surface area is 178 Å². The molecule has 0 radical (unpaired) electrons. The second-order valence-corrected chi connectivity index (χ2v) is 7.96. The number of rotatable bonds is 6. The first kappa shape index (κ1) is 20.3. The molecule has 1 fully saturated rings. The number of hydrogen-bond donors (Lipinski definition) is 1. The van der Waals surface area contributed by atoms with Crippen molar-refractivity contribution in [2.75, 3.05) is 45.1 Å². The second kappa shape index (κ2) is 9.24. The van der Waals surface area contributed by atoms with Gasteiger partial charge in [-0.2, -0.15) is 5.10 Å². The molecule has 1 aromatic heterocycles. The molecule has 1 aliphatic heterocycles. The van der Waals surface area contributed by atoms with Gasteiger partial charge in [0.1, 0.15) is 0 Å². The van der Waals surface area contributed by atoms with E-state index in [0.717, 1.165) is 56.2 Å². The van der Waals surface area contributed by atoms with Crippen LogP contribution in [0.3, 0.4) is 0 Å². The lowest BCUT2D eigenvalue weighted by atomic mass is 10.1. The van der Waals surface area contributed by atoms with Crippen molar-refractivity contribution in [2.45, 2.75) is 13.3 Å². The molecular formula is C24H29N5O. The lowest BCUT2D eigenvalue weighted by Gasteiger charge is -2.32. The van der Waals surface area contributed by atoms with Crippen molar-refractivity contribution in [3.05, 3.63) is 77.6 Å². The van der Waals surface area contributed by atoms with Crippen molar-refractivity contribution in [1.82, 2.24) is 19.6 Å². The highest BCUT2D eigenvalue weighted by Crippen LogP contribution is 2.15. The standard InChI is InChI=1S/C24H29N5O/c1-19-18-23(26-29(19)22-6-4-3-5-7-22)24(30)25-21-10-8-20(9-11-21)12-13-28-16-14-27(2)15-17-28/h3-11,18H,12-17H2,1-2H3,(H,25,30). The van der Waals surface area contributed by atoms with Gasteiger partial charge < -0.3 is 15.1 Å². The molecule has 4 rings (SSSR count). The molecule has 1 N–H and O–H groups in total. The van der Waals surface area contributed by atoms with E-state index in [4.69, 9.17) is 0 Å². The van der Waals surface area contributed by atoms with E-state index in [9.17, 15) is 4.79 Å². The van der Waals surface area contributed by atoms with Crippen LogP contribution in [-0.4, -0.2) is 65.3 Å². The largest absolute Gasteiger partial charge is 0.321 e. The van der Waals surface area contributed by atoms with E-state index in [1.807, 2.05) is 55.5 Å². The summed E-state index contributed by atoms with van der Waals surface area (Å²) in [5, 5.41) is 7.43. The van der Waals surface area contributed by atoms with Crippen LogP contribution in [0.1, 0.15) is 21.7 Å². The molecule has 0 unspecified atom stereocenters. The van der Waals surface area contributed by atoms with E-state index < -0.39 is 0 Å². The highest BCUT2D eigenvalue weighted by molar-refractivity contribution is 6.02. The van der Waals surface area contributed by atoms with Crippen LogP contribution >= 0.6 is 0 Å². The molecular weight excluding hydrogens is 374 g/mol. The lowest BCUT2D eigenvalue weighted by Crippen LogP contribution is -2.45. The van der Waals surface area contributed by atoms with Crippen molar-refractivity contribution in [2.24, 2.45) is 0 Å². The predicted octanol–water partition coefficient (Wildman–Crippen LogP) is 3.22. The quantitative estimate of drug-likeness (QED) is 0.687. The number of para-hydroxylation sites is 1. The third kappa shape index (κ3) is 4.96. The number of nitrogens with zero attached hydrogens (tertiary/aromatic N) is 4. The first-order valence-corrected chi connectivity index (χ1v) is 10.5. The van der Waals surface area contributed by atoms with E-state index in [-0.39, 0.29) is 5.91 Å². The zero-order chi connectivity index (χ0) is 20.9. The number of hydrogen-bond acceptors (Lipinski definition) is 4. The average Bonchev–Trinajstić information content (AvgIpc) is 3.17. The maximum absolute atomic E-state index is 12.7. The number of carbonyl (C=O) groups is 1. The minimum Gasteiger partial charge on any atom is -0.321 e. The Morgan fingerprint density at radius 2 is 1.70 bits per heavy atom. The topological polar surface area (TPSA) is 53.4 Å². The summed E-state index contributed by atoms with van der Waals surface area (Å²) >= 11 is 0. The Hall–Kier alpha value is -2.96. The molecule has 0 saturated carbocycles.